The number of benzene rings is 1. The molecule has 1 saturated carbocycles. The summed E-state index contributed by atoms with van der Waals surface area (Å²) in [7, 11) is 0. The van der Waals surface area contributed by atoms with Crippen LogP contribution in [-0.4, -0.2) is 67.6 Å². The predicted octanol–water partition coefficient (Wildman–Crippen LogP) is 5.19. The molecule has 1 aromatic carbocycles. The van der Waals surface area contributed by atoms with Crippen LogP contribution in [-0.2, 0) is 4.79 Å². The maximum atomic E-state index is 13.7. The predicted molar refractivity (Wildman–Crippen MR) is 144 cm³/mol. The number of likely N-dealkylation sites (tertiary alicyclic amines) is 2. The van der Waals surface area contributed by atoms with E-state index in [0.717, 1.165) is 70.0 Å². The molecule has 0 aromatic heterocycles. The van der Waals surface area contributed by atoms with Gasteiger partial charge in [0.05, 0.1) is 5.41 Å². The van der Waals surface area contributed by atoms with Crippen molar-refractivity contribution in [1.82, 2.24) is 9.80 Å². The third-order valence-electron chi connectivity index (χ3n) is 10.0. The van der Waals surface area contributed by atoms with Crippen LogP contribution in [0.3, 0.4) is 0 Å². The molecule has 6 rings (SSSR count). The van der Waals surface area contributed by atoms with Gasteiger partial charge in [-0.3, -0.25) is 4.79 Å². The zero-order chi connectivity index (χ0) is 24.0. The molecule has 5 nitrogen and oxygen atoms in total. The molecule has 5 fully saturated rings. The van der Waals surface area contributed by atoms with E-state index in [1.807, 2.05) is 0 Å². The highest BCUT2D eigenvalue weighted by Gasteiger charge is 2.48. The van der Waals surface area contributed by atoms with E-state index in [1.54, 1.807) is 0 Å². The fraction of sp³-hybridized carbons (Fsp3) is 0.700. The lowest BCUT2D eigenvalue weighted by Gasteiger charge is -2.39. The molecule has 1 aromatic rings. The number of piperidine rings is 1. The SMILES string of the molecule is C=C1CCCN1[C@H]1CCN(c2ccc(N3CCC4(CCN(CC5CCCC5)CC4)C3=O)c(C)c2)C1. The summed E-state index contributed by atoms with van der Waals surface area (Å²) in [5, 5.41) is 0. The highest BCUT2D eigenvalue weighted by molar-refractivity contribution is 6.00. The van der Waals surface area contributed by atoms with E-state index in [0.29, 0.717) is 11.9 Å². The quantitative estimate of drug-likeness (QED) is 0.585. The van der Waals surface area contributed by atoms with Gasteiger partial charge in [-0.1, -0.05) is 19.4 Å². The largest absolute Gasteiger partial charge is 0.370 e. The molecule has 4 aliphatic heterocycles. The maximum Gasteiger partial charge on any atom is 0.233 e. The van der Waals surface area contributed by atoms with E-state index in [2.05, 4.69) is 51.3 Å². The van der Waals surface area contributed by atoms with Crippen molar-refractivity contribution in [1.29, 1.82) is 0 Å². The van der Waals surface area contributed by atoms with Crippen molar-refractivity contribution >= 4 is 17.3 Å². The van der Waals surface area contributed by atoms with Crippen molar-refractivity contribution in [2.24, 2.45) is 11.3 Å². The third kappa shape index (κ3) is 4.39. The molecule has 190 valence electrons. The van der Waals surface area contributed by atoms with Crippen LogP contribution < -0.4 is 9.80 Å². The Bertz CT molecular complexity index is 959. The molecule has 1 atom stereocenters. The first-order chi connectivity index (χ1) is 17.0. The van der Waals surface area contributed by atoms with Crippen LogP contribution >= 0.6 is 0 Å². The molecule has 0 radical (unpaired) electrons. The van der Waals surface area contributed by atoms with Gasteiger partial charge in [0, 0.05) is 55.8 Å². The molecule has 4 saturated heterocycles. The number of anilines is 2. The summed E-state index contributed by atoms with van der Waals surface area (Å²) >= 11 is 0. The molecule has 0 N–H and O–H groups in total. The fourth-order valence-electron chi connectivity index (χ4n) is 7.80. The molecular formula is C30H44N4O. The zero-order valence-corrected chi connectivity index (χ0v) is 21.8. The van der Waals surface area contributed by atoms with Crippen LogP contribution in [0.5, 0.6) is 0 Å². The van der Waals surface area contributed by atoms with Crippen molar-refractivity contribution < 1.29 is 4.79 Å². The molecule has 4 heterocycles. The molecule has 1 spiro atoms. The van der Waals surface area contributed by atoms with E-state index >= 15 is 0 Å². The Labute approximate surface area is 212 Å². The first kappa shape index (κ1) is 23.4. The smallest absolute Gasteiger partial charge is 0.233 e. The van der Waals surface area contributed by atoms with Crippen molar-refractivity contribution in [3.8, 4) is 0 Å². The van der Waals surface area contributed by atoms with E-state index in [-0.39, 0.29) is 5.41 Å². The number of carbonyl (C=O) groups is 1. The average Bonchev–Trinajstić information content (AvgIpc) is 3.66. The second-order valence-corrected chi connectivity index (χ2v) is 12.2. The second kappa shape index (κ2) is 9.46. The number of hydrogen-bond acceptors (Lipinski definition) is 4. The Balaban J connectivity index is 1.08. The number of amides is 1. The van der Waals surface area contributed by atoms with Crippen molar-refractivity contribution in [2.45, 2.75) is 77.2 Å². The van der Waals surface area contributed by atoms with Crippen LogP contribution in [0.25, 0.3) is 0 Å². The Kier molecular flexibility index (Phi) is 6.32. The number of aryl methyl sites for hydroxylation is 1. The van der Waals surface area contributed by atoms with Crippen LogP contribution in [0.2, 0.25) is 0 Å². The molecule has 1 aliphatic carbocycles. The molecule has 5 heteroatoms. The van der Waals surface area contributed by atoms with E-state index in [1.165, 1.54) is 68.6 Å². The van der Waals surface area contributed by atoms with Gasteiger partial charge in [-0.25, -0.2) is 0 Å². The number of hydrogen-bond donors (Lipinski definition) is 0. The lowest BCUT2D eigenvalue weighted by Crippen LogP contribution is -2.45. The molecular weight excluding hydrogens is 432 g/mol. The summed E-state index contributed by atoms with van der Waals surface area (Å²) in [5.41, 5.74) is 4.89. The number of carbonyl (C=O) groups excluding carboxylic acids is 1. The van der Waals surface area contributed by atoms with Crippen LogP contribution in [0.1, 0.15) is 69.8 Å². The second-order valence-electron chi connectivity index (χ2n) is 12.2. The first-order valence-corrected chi connectivity index (χ1v) is 14.4. The summed E-state index contributed by atoms with van der Waals surface area (Å²) < 4.78 is 0. The molecule has 5 aliphatic rings. The van der Waals surface area contributed by atoms with E-state index in [9.17, 15) is 4.79 Å². The minimum Gasteiger partial charge on any atom is -0.370 e. The molecule has 35 heavy (non-hydrogen) atoms. The Hall–Kier alpha value is -2.01. The summed E-state index contributed by atoms with van der Waals surface area (Å²) in [4.78, 5) is 23.6. The molecule has 1 amide bonds. The Morgan fingerprint density at radius 2 is 1.74 bits per heavy atom. The van der Waals surface area contributed by atoms with Gasteiger partial charge in [0.2, 0.25) is 5.91 Å². The van der Waals surface area contributed by atoms with Crippen LogP contribution in [0.15, 0.2) is 30.5 Å². The maximum absolute atomic E-state index is 13.7. The van der Waals surface area contributed by atoms with Crippen molar-refractivity contribution in [3.05, 3.63) is 36.0 Å². The molecule has 0 bridgehead atoms. The normalized spacial score (nSPS) is 27.8. The van der Waals surface area contributed by atoms with E-state index < -0.39 is 0 Å². The van der Waals surface area contributed by atoms with Crippen molar-refractivity contribution in [2.75, 3.05) is 55.6 Å². The van der Waals surface area contributed by atoms with Gasteiger partial charge in [-0.15, -0.1) is 0 Å². The number of rotatable bonds is 5. The van der Waals surface area contributed by atoms with Crippen LogP contribution in [0.4, 0.5) is 11.4 Å². The summed E-state index contributed by atoms with van der Waals surface area (Å²) in [6.07, 6.45) is 12.4. The number of allylic oxidation sites excluding steroid dienone is 1. The summed E-state index contributed by atoms with van der Waals surface area (Å²) in [6.45, 7) is 14.2. The van der Waals surface area contributed by atoms with Gasteiger partial charge in [0.15, 0.2) is 0 Å². The van der Waals surface area contributed by atoms with Gasteiger partial charge in [0.25, 0.3) is 0 Å². The fourth-order valence-corrected chi connectivity index (χ4v) is 7.80. The lowest BCUT2D eigenvalue weighted by molar-refractivity contribution is -0.128. The monoisotopic (exact) mass is 476 g/mol. The molecule has 0 unspecified atom stereocenters. The lowest BCUT2D eigenvalue weighted by atomic mass is 9.77. The van der Waals surface area contributed by atoms with Gasteiger partial charge in [-0.2, -0.15) is 0 Å². The van der Waals surface area contributed by atoms with E-state index in [4.69, 9.17) is 0 Å². The first-order valence-electron chi connectivity index (χ1n) is 14.4. The Morgan fingerprint density at radius 3 is 2.46 bits per heavy atom. The minimum absolute atomic E-state index is 0.114. The average molecular weight is 477 g/mol. The van der Waals surface area contributed by atoms with Gasteiger partial charge >= 0.3 is 0 Å². The third-order valence-corrected chi connectivity index (χ3v) is 10.0. The number of nitrogens with zero attached hydrogens (tertiary/aromatic N) is 4. The highest BCUT2D eigenvalue weighted by atomic mass is 16.2. The summed E-state index contributed by atoms with van der Waals surface area (Å²) in [6, 6.07) is 7.40. The summed E-state index contributed by atoms with van der Waals surface area (Å²) in [5.74, 6) is 1.30. The standard InChI is InChI=1S/C30H44N4O/c1-23-20-26(32-16-11-27(22-32)33-15-5-6-24(33)2)9-10-28(23)34-19-14-30(29(34)35)12-17-31(18-13-30)21-25-7-3-4-8-25/h9-10,20,25,27H,2-8,11-19,21-22H2,1H3/t27-/m0/s1. The van der Waals surface area contributed by atoms with Gasteiger partial charge in [-0.05, 0) is 101 Å². The zero-order valence-electron chi connectivity index (χ0n) is 21.8. The minimum atomic E-state index is -0.114. The van der Waals surface area contributed by atoms with Crippen molar-refractivity contribution in [3.63, 3.8) is 0 Å². The van der Waals surface area contributed by atoms with Gasteiger partial charge in [0.1, 0.15) is 0 Å². The van der Waals surface area contributed by atoms with Gasteiger partial charge < -0.3 is 19.6 Å². The van der Waals surface area contributed by atoms with Crippen LogP contribution in [0, 0.1) is 18.3 Å². The topological polar surface area (TPSA) is 30.0 Å². The Morgan fingerprint density at radius 1 is 0.971 bits per heavy atom. The highest BCUT2D eigenvalue weighted by Crippen LogP contribution is 2.44.